The van der Waals surface area contributed by atoms with Crippen LogP contribution in [-0.2, 0) is 11.3 Å². The predicted molar refractivity (Wildman–Crippen MR) is 61.5 cm³/mol. The first-order chi connectivity index (χ1) is 7.18. The summed E-state index contributed by atoms with van der Waals surface area (Å²) in [7, 11) is 0. The number of benzene rings is 1. The molecule has 1 N–H and O–H groups in total. The minimum atomic E-state index is -1.03. The van der Waals surface area contributed by atoms with E-state index in [1.807, 2.05) is 23.1 Å². The highest BCUT2D eigenvalue weighted by Gasteiger charge is 2.34. The van der Waals surface area contributed by atoms with E-state index in [9.17, 15) is 5.11 Å². The lowest BCUT2D eigenvalue weighted by Crippen LogP contribution is -2.52. The summed E-state index contributed by atoms with van der Waals surface area (Å²) >= 11 is 3.27. The number of hydrogen-bond donors (Lipinski definition) is 1. The number of halogens is 1. The Morgan fingerprint density at radius 2 is 2.13 bits per heavy atom. The van der Waals surface area contributed by atoms with E-state index in [2.05, 4.69) is 28.1 Å². The molecular weight excluding hydrogens is 258 g/mol. The van der Waals surface area contributed by atoms with E-state index >= 15 is 0 Å². The van der Waals surface area contributed by atoms with Gasteiger partial charge in [0.1, 0.15) is 0 Å². The first kappa shape index (κ1) is 11.1. The molecule has 0 radical (unpaired) electrons. The summed E-state index contributed by atoms with van der Waals surface area (Å²) < 4.78 is 4.19. The van der Waals surface area contributed by atoms with Gasteiger partial charge in [0, 0.05) is 13.1 Å². The highest BCUT2D eigenvalue weighted by molar-refractivity contribution is 9.10. The van der Waals surface area contributed by atoms with Gasteiger partial charge in [-0.2, -0.15) is 0 Å². The van der Waals surface area contributed by atoms with E-state index in [-0.39, 0.29) is 0 Å². The van der Waals surface area contributed by atoms with Crippen LogP contribution in [0.4, 0.5) is 0 Å². The molecule has 1 atom stereocenters. The Balaban J connectivity index is 2.05. The van der Waals surface area contributed by atoms with Crippen LogP contribution in [0.1, 0.15) is 5.56 Å². The van der Waals surface area contributed by atoms with E-state index in [0.717, 1.165) is 13.1 Å². The highest BCUT2D eigenvalue weighted by atomic mass is 79.9. The van der Waals surface area contributed by atoms with Crippen molar-refractivity contribution >= 4 is 15.9 Å². The van der Waals surface area contributed by atoms with Crippen molar-refractivity contribution in [3.63, 3.8) is 0 Å². The molecule has 1 heterocycles. The molecular formula is C11H14BrNO2. The van der Waals surface area contributed by atoms with E-state index in [1.165, 1.54) is 5.56 Å². The van der Waals surface area contributed by atoms with Crippen LogP contribution in [-0.4, -0.2) is 34.4 Å². The number of alkyl halides is 1. The second-order valence-corrected chi connectivity index (χ2v) is 4.95. The van der Waals surface area contributed by atoms with Gasteiger partial charge in [-0.1, -0.05) is 30.3 Å². The number of nitrogens with zero attached hydrogens (tertiary/aromatic N) is 1. The Morgan fingerprint density at radius 1 is 1.40 bits per heavy atom. The second-order valence-electron chi connectivity index (χ2n) is 3.68. The number of aliphatic hydroxyl groups is 1. The molecule has 1 fully saturated rings. The number of rotatable bonds is 2. The van der Waals surface area contributed by atoms with Crippen molar-refractivity contribution in [3.8, 4) is 0 Å². The zero-order chi connectivity index (χ0) is 10.7. The summed E-state index contributed by atoms with van der Waals surface area (Å²) in [5.74, 6) is 0. The molecule has 4 heteroatoms. The number of morpholine rings is 1. The molecule has 0 amide bonds. The third-order valence-corrected chi connectivity index (χ3v) is 3.22. The van der Waals surface area contributed by atoms with Crippen LogP contribution < -0.4 is 0 Å². The molecule has 1 aromatic rings. The van der Waals surface area contributed by atoms with Crippen molar-refractivity contribution in [1.29, 1.82) is 0 Å². The molecule has 0 aliphatic carbocycles. The normalized spacial score (nSPS) is 27.9. The average Bonchev–Trinajstić information content (AvgIpc) is 2.23. The molecule has 2 rings (SSSR count). The fourth-order valence-electron chi connectivity index (χ4n) is 1.64. The van der Waals surface area contributed by atoms with Gasteiger partial charge in [0.25, 0.3) is 0 Å². The molecule has 0 spiro atoms. The minimum absolute atomic E-state index is 0.305. The largest absolute Gasteiger partial charge is 0.375 e. The van der Waals surface area contributed by atoms with Gasteiger partial charge in [-0.25, -0.2) is 0 Å². The van der Waals surface area contributed by atoms with E-state index < -0.39 is 4.63 Å². The summed E-state index contributed by atoms with van der Waals surface area (Å²) in [5.41, 5.74) is 1.19. The smallest absolute Gasteiger partial charge is 0.199 e. The van der Waals surface area contributed by atoms with Crippen molar-refractivity contribution < 1.29 is 9.84 Å². The van der Waals surface area contributed by atoms with Crippen molar-refractivity contribution in [2.24, 2.45) is 0 Å². The molecule has 1 aliphatic rings. The Bertz CT molecular complexity index is 316. The maximum Gasteiger partial charge on any atom is 0.199 e. The third-order valence-electron chi connectivity index (χ3n) is 2.49. The Morgan fingerprint density at radius 3 is 2.80 bits per heavy atom. The first-order valence-electron chi connectivity index (χ1n) is 4.96. The minimum Gasteiger partial charge on any atom is -0.375 e. The number of hydrogen-bond acceptors (Lipinski definition) is 3. The molecule has 1 aromatic carbocycles. The molecule has 3 nitrogen and oxygen atoms in total. The fourth-order valence-corrected chi connectivity index (χ4v) is 2.11. The first-order valence-corrected chi connectivity index (χ1v) is 5.76. The summed E-state index contributed by atoms with van der Waals surface area (Å²) in [6.07, 6.45) is 0. The lowest BCUT2D eigenvalue weighted by Gasteiger charge is -2.38. The lowest BCUT2D eigenvalue weighted by atomic mass is 10.2. The van der Waals surface area contributed by atoms with Crippen LogP contribution in [0.3, 0.4) is 0 Å². The topological polar surface area (TPSA) is 32.7 Å². The predicted octanol–water partition coefficient (Wildman–Crippen LogP) is 1.56. The summed E-state index contributed by atoms with van der Waals surface area (Å²) in [6.45, 7) is 2.43. The fraction of sp³-hybridized carbons (Fsp3) is 0.455. The maximum atomic E-state index is 10.0. The SMILES string of the molecule is OC1(Br)COCCN1Cc1ccccc1. The summed E-state index contributed by atoms with van der Waals surface area (Å²) in [5, 5.41) is 10.0. The van der Waals surface area contributed by atoms with Gasteiger partial charge in [0.05, 0.1) is 13.2 Å². The highest BCUT2D eigenvalue weighted by Crippen LogP contribution is 2.25. The zero-order valence-electron chi connectivity index (χ0n) is 8.40. The second kappa shape index (κ2) is 4.61. The van der Waals surface area contributed by atoms with Gasteiger partial charge in [-0.3, -0.25) is 4.90 Å². The van der Waals surface area contributed by atoms with Crippen LogP contribution in [0.15, 0.2) is 30.3 Å². The molecule has 0 bridgehead atoms. The standard InChI is InChI=1S/C11H14BrNO2/c12-11(14)9-15-7-6-13(11)8-10-4-2-1-3-5-10/h1-5,14H,6-9H2. The zero-order valence-corrected chi connectivity index (χ0v) is 9.98. The van der Waals surface area contributed by atoms with Gasteiger partial charge < -0.3 is 9.84 Å². The van der Waals surface area contributed by atoms with Crippen LogP contribution in [0.2, 0.25) is 0 Å². The molecule has 0 saturated carbocycles. The Labute approximate surface area is 97.8 Å². The van der Waals surface area contributed by atoms with Gasteiger partial charge in [0.2, 0.25) is 0 Å². The van der Waals surface area contributed by atoms with Gasteiger partial charge in [-0.15, -0.1) is 0 Å². The molecule has 1 unspecified atom stereocenters. The average molecular weight is 272 g/mol. The van der Waals surface area contributed by atoms with Crippen molar-refractivity contribution in [1.82, 2.24) is 4.90 Å². The summed E-state index contributed by atoms with van der Waals surface area (Å²) in [4.78, 5) is 1.96. The van der Waals surface area contributed by atoms with Gasteiger partial charge >= 0.3 is 0 Å². The van der Waals surface area contributed by atoms with Gasteiger partial charge in [-0.05, 0) is 21.5 Å². The quantitative estimate of drug-likeness (QED) is 0.655. The summed E-state index contributed by atoms with van der Waals surface area (Å²) in [6, 6.07) is 10.1. The Hall–Kier alpha value is -0.420. The maximum absolute atomic E-state index is 10.0. The molecule has 1 aliphatic heterocycles. The van der Waals surface area contributed by atoms with Crippen LogP contribution >= 0.6 is 15.9 Å². The Kier molecular flexibility index (Phi) is 3.41. The van der Waals surface area contributed by atoms with E-state index in [4.69, 9.17) is 4.74 Å². The lowest BCUT2D eigenvalue weighted by molar-refractivity contribution is -0.128. The van der Waals surface area contributed by atoms with E-state index in [0.29, 0.717) is 13.2 Å². The molecule has 15 heavy (non-hydrogen) atoms. The molecule has 0 aromatic heterocycles. The van der Waals surface area contributed by atoms with Crippen LogP contribution in [0.5, 0.6) is 0 Å². The van der Waals surface area contributed by atoms with Crippen molar-refractivity contribution in [3.05, 3.63) is 35.9 Å². The third kappa shape index (κ3) is 2.78. The van der Waals surface area contributed by atoms with Gasteiger partial charge in [0.15, 0.2) is 4.63 Å². The number of ether oxygens (including phenoxy) is 1. The molecule has 1 saturated heterocycles. The van der Waals surface area contributed by atoms with Crippen LogP contribution in [0, 0.1) is 0 Å². The van der Waals surface area contributed by atoms with Crippen molar-refractivity contribution in [2.75, 3.05) is 19.8 Å². The van der Waals surface area contributed by atoms with E-state index in [1.54, 1.807) is 0 Å². The monoisotopic (exact) mass is 271 g/mol. The van der Waals surface area contributed by atoms with Crippen LogP contribution in [0.25, 0.3) is 0 Å². The molecule has 82 valence electrons. The van der Waals surface area contributed by atoms with Crippen molar-refractivity contribution in [2.45, 2.75) is 11.2 Å².